The first-order valence-electron chi connectivity index (χ1n) is 9.42. The maximum atomic E-state index is 14.7. The van der Waals surface area contributed by atoms with Gasteiger partial charge in [-0.25, -0.2) is 9.37 Å². The number of hydrogen-bond acceptors (Lipinski definition) is 4. The Morgan fingerprint density at radius 1 is 1.10 bits per heavy atom. The van der Waals surface area contributed by atoms with E-state index in [4.69, 9.17) is 5.73 Å². The molecule has 29 heavy (non-hydrogen) atoms. The van der Waals surface area contributed by atoms with E-state index >= 15 is 0 Å². The second kappa shape index (κ2) is 6.44. The summed E-state index contributed by atoms with van der Waals surface area (Å²) >= 11 is 0. The van der Waals surface area contributed by atoms with Gasteiger partial charge in [-0.15, -0.1) is 0 Å². The summed E-state index contributed by atoms with van der Waals surface area (Å²) in [5.41, 5.74) is 8.16. The van der Waals surface area contributed by atoms with Crippen LogP contribution in [0, 0.1) is 5.82 Å². The molecule has 1 aliphatic heterocycles. The lowest BCUT2D eigenvalue weighted by atomic mass is 10.1. The fourth-order valence-electron chi connectivity index (χ4n) is 3.88. The zero-order chi connectivity index (χ0) is 20.1. The van der Waals surface area contributed by atoms with Crippen molar-refractivity contribution in [2.75, 3.05) is 18.8 Å². The zero-order valence-electron chi connectivity index (χ0n) is 15.5. The van der Waals surface area contributed by atoms with Crippen molar-refractivity contribution < 1.29 is 9.18 Å². The van der Waals surface area contributed by atoms with Crippen LogP contribution >= 0.6 is 0 Å². The Labute approximate surface area is 164 Å². The van der Waals surface area contributed by atoms with Crippen LogP contribution in [-0.4, -0.2) is 38.8 Å². The van der Waals surface area contributed by atoms with Crippen molar-refractivity contribution in [2.24, 2.45) is 0 Å². The van der Waals surface area contributed by atoms with Crippen LogP contribution in [0.4, 0.5) is 10.1 Å². The molecule has 1 amide bonds. The molecule has 0 unspecified atom stereocenters. The van der Waals surface area contributed by atoms with Crippen molar-refractivity contribution in [1.29, 1.82) is 0 Å². The number of nitrogens with one attached hydrogen (secondary N) is 2. The summed E-state index contributed by atoms with van der Waals surface area (Å²) in [4.78, 5) is 37.0. The van der Waals surface area contributed by atoms with Gasteiger partial charge in [-0.05, 0) is 37.1 Å². The Kier molecular flexibility index (Phi) is 3.87. The molecule has 1 aliphatic rings. The van der Waals surface area contributed by atoms with Crippen LogP contribution in [0.25, 0.3) is 33.3 Å². The molecule has 0 saturated carbocycles. The van der Waals surface area contributed by atoms with Crippen LogP contribution in [0.2, 0.25) is 0 Å². The number of anilines is 1. The van der Waals surface area contributed by atoms with Gasteiger partial charge in [0.05, 0.1) is 33.5 Å². The Hall–Kier alpha value is -3.68. The summed E-state index contributed by atoms with van der Waals surface area (Å²) in [6, 6.07) is 9.85. The topological polar surface area (TPSA) is 108 Å². The summed E-state index contributed by atoms with van der Waals surface area (Å²) in [6.45, 7) is 1.25. The van der Waals surface area contributed by atoms with Gasteiger partial charge in [0.25, 0.3) is 11.5 Å². The normalized spacial score (nSPS) is 14.2. The quantitative estimate of drug-likeness (QED) is 0.488. The van der Waals surface area contributed by atoms with E-state index in [1.165, 1.54) is 12.1 Å². The molecule has 3 heterocycles. The van der Waals surface area contributed by atoms with E-state index in [1.807, 2.05) is 6.07 Å². The lowest BCUT2D eigenvalue weighted by Gasteiger charge is -2.15. The Morgan fingerprint density at radius 2 is 1.86 bits per heavy atom. The second-order valence-electron chi connectivity index (χ2n) is 7.22. The molecule has 2 aromatic carbocycles. The minimum atomic E-state index is -0.623. The van der Waals surface area contributed by atoms with Crippen LogP contribution in [-0.2, 0) is 0 Å². The number of carbonyl (C=O) groups is 1. The van der Waals surface area contributed by atoms with Crippen molar-refractivity contribution >= 4 is 33.5 Å². The number of halogens is 1. The minimum Gasteiger partial charge on any atom is -0.396 e. The first kappa shape index (κ1) is 17.4. The molecule has 0 bridgehead atoms. The number of aromatic nitrogens is 3. The third kappa shape index (κ3) is 2.75. The van der Waals surface area contributed by atoms with Gasteiger partial charge in [0.2, 0.25) is 0 Å². The molecule has 8 heteroatoms. The smallest absolute Gasteiger partial charge is 0.276 e. The number of aromatic amines is 2. The van der Waals surface area contributed by atoms with Crippen molar-refractivity contribution in [3.8, 4) is 11.4 Å². The van der Waals surface area contributed by atoms with E-state index in [0.29, 0.717) is 40.7 Å². The van der Waals surface area contributed by atoms with Crippen molar-refractivity contribution in [3.63, 3.8) is 0 Å². The number of nitrogen functional groups attached to an aromatic ring is 1. The molecule has 5 rings (SSSR count). The summed E-state index contributed by atoms with van der Waals surface area (Å²) in [6.07, 6.45) is 1.84. The lowest BCUT2D eigenvalue weighted by Crippen LogP contribution is -2.28. The SMILES string of the molecule is Nc1c(-c2nc3ccccc3[nH]c2=O)[nH]c2cc(F)c(C(=O)N3CCCC3)cc12. The molecule has 7 nitrogen and oxygen atoms in total. The van der Waals surface area contributed by atoms with Crippen LogP contribution in [0.15, 0.2) is 41.2 Å². The number of H-pyrrole nitrogens is 2. The Balaban J connectivity index is 1.67. The molecular weight excluding hydrogens is 373 g/mol. The first-order chi connectivity index (χ1) is 14.0. The highest BCUT2D eigenvalue weighted by Gasteiger charge is 2.24. The molecule has 0 aliphatic carbocycles. The van der Waals surface area contributed by atoms with Crippen LogP contribution < -0.4 is 11.3 Å². The maximum Gasteiger partial charge on any atom is 0.276 e. The number of fused-ring (bicyclic) bond motifs is 2. The number of likely N-dealkylation sites (tertiary alicyclic amines) is 1. The van der Waals surface area contributed by atoms with Gasteiger partial charge in [0.1, 0.15) is 5.82 Å². The number of carbonyl (C=O) groups excluding carboxylic acids is 1. The highest BCUT2D eigenvalue weighted by atomic mass is 19.1. The predicted octanol–water partition coefficient (Wildman–Crippen LogP) is 3.03. The molecule has 1 saturated heterocycles. The van der Waals surface area contributed by atoms with Gasteiger partial charge in [-0.3, -0.25) is 9.59 Å². The first-order valence-corrected chi connectivity index (χ1v) is 9.42. The largest absolute Gasteiger partial charge is 0.396 e. The molecule has 1 fully saturated rings. The van der Waals surface area contributed by atoms with E-state index in [9.17, 15) is 14.0 Å². The number of para-hydroxylation sites is 2. The van der Waals surface area contributed by atoms with Gasteiger partial charge in [0, 0.05) is 18.5 Å². The molecule has 0 radical (unpaired) electrons. The third-order valence-corrected chi connectivity index (χ3v) is 5.39. The van der Waals surface area contributed by atoms with Gasteiger partial charge in [-0.2, -0.15) is 0 Å². The predicted molar refractivity (Wildman–Crippen MR) is 109 cm³/mol. The van der Waals surface area contributed by atoms with Crippen LogP contribution in [0.5, 0.6) is 0 Å². The number of amides is 1. The van der Waals surface area contributed by atoms with E-state index in [2.05, 4.69) is 15.0 Å². The second-order valence-corrected chi connectivity index (χ2v) is 7.22. The van der Waals surface area contributed by atoms with Crippen molar-refractivity contribution in [1.82, 2.24) is 19.9 Å². The fraction of sp³-hybridized carbons (Fsp3) is 0.190. The summed E-state index contributed by atoms with van der Waals surface area (Å²) in [5, 5.41) is 0.485. The van der Waals surface area contributed by atoms with Gasteiger partial charge >= 0.3 is 0 Å². The number of hydrogen-bond donors (Lipinski definition) is 3. The van der Waals surface area contributed by atoms with Crippen molar-refractivity contribution in [2.45, 2.75) is 12.8 Å². The number of rotatable bonds is 2. The summed E-state index contributed by atoms with van der Waals surface area (Å²) < 4.78 is 14.7. The maximum absolute atomic E-state index is 14.7. The zero-order valence-corrected chi connectivity index (χ0v) is 15.5. The molecule has 2 aromatic heterocycles. The van der Waals surface area contributed by atoms with Crippen molar-refractivity contribution in [3.05, 3.63) is 58.1 Å². The highest BCUT2D eigenvalue weighted by Crippen LogP contribution is 2.33. The highest BCUT2D eigenvalue weighted by molar-refractivity contribution is 6.05. The van der Waals surface area contributed by atoms with Crippen LogP contribution in [0.3, 0.4) is 0 Å². The molecule has 4 N–H and O–H groups in total. The standard InChI is InChI=1S/C21H18FN5O2/c22-13-10-16-12(9-11(13)21(29)27-7-3-4-8-27)17(23)18(25-16)19-20(28)26-15-6-2-1-5-14(15)24-19/h1-2,5-6,9-10,25H,3-4,7-8,23H2,(H,26,28). The number of nitrogens with two attached hydrogens (primary N) is 1. The number of nitrogens with zero attached hydrogens (tertiary/aromatic N) is 2. The average molecular weight is 391 g/mol. The molecule has 0 atom stereocenters. The van der Waals surface area contributed by atoms with E-state index in [-0.39, 0.29) is 22.9 Å². The Bertz CT molecular complexity index is 1330. The fourth-order valence-corrected chi connectivity index (χ4v) is 3.88. The Morgan fingerprint density at radius 3 is 2.66 bits per heavy atom. The molecule has 146 valence electrons. The molecular formula is C21H18FN5O2. The van der Waals surface area contributed by atoms with Crippen LogP contribution in [0.1, 0.15) is 23.2 Å². The average Bonchev–Trinajstić information content (AvgIpc) is 3.35. The van der Waals surface area contributed by atoms with Gasteiger partial charge < -0.3 is 20.6 Å². The molecule has 0 spiro atoms. The summed E-state index contributed by atoms with van der Waals surface area (Å²) in [5.74, 6) is -0.965. The molecule has 4 aromatic rings. The number of benzene rings is 2. The summed E-state index contributed by atoms with van der Waals surface area (Å²) in [7, 11) is 0. The van der Waals surface area contributed by atoms with E-state index < -0.39 is 11.4 Å². The van der Waals surface area contributed by atoms with E-state index in [0.717, 1.165) is 12.8 Å². The third-order valence-electron chi connectivity index (χ3n) is 5.39. The van der Waals surface area contributed by atoms with Gasteiger partial charge in [-0.1, -0.05) is 12.1 Å². The monoisotopic (exact) mass is 391 g/mol. The van der Waals surface area contributed by atoms with Gasteiger partial charge in [0.15, 0.2) is 5.69 Å². The minimum absolute atomic E-state index is 0.0166. The van der Waals surface area contributed by atoms with E-state index in [1.54, 1.807) is 23.1 Å². The lowest BCUT2D eigenvalue weighted by molar-refractivity contribution is 0.0788.